The molecule has 1 aromatic carbocycles. The van der Waals surface area contributed by atoms with Crippen molar-refractivity contribution in [3.63, 3.8) is 0 Å². The standard InChI is InChI=1S/C15H21N3O2/c1-15(2,16)10-17(3)8-9-18-13(19)11-6-4-5-7-12(11)14(18)20/h4-7H,8-10,16H2,1-3H3. The van der Waals surface area contributed by atoms with Crippen molar-refractivity contribution in [1.29, 1.82) is 0 Å². The molecule has 0 fully saturated rings. The van der Waals surface area contributed by atoms with Crippen molar-refractivity contribution in [3.05, 3.63) is 35.4 Å². The zero-order valence-electron chi connectivity index (χ0n) is 12.2. The van der Waals surface area contributed by atoms with E-state index in [4.69, 9.17) is 5.73 Å². The van der Waals surface area contributed by atoms with Crippen molar-refractivity contribution in [2.45, 2.75) is 19.4 Å². The zero-order valence-corrected chi connectivity index (χ0v) is 12.2. The number of likely N-dealkylation sites (N-methyl/N-ethyl adjacent to an activating group) is 1. The van der Waals surface area contributed by atoms with Gasteiger partial charge in [-0.3, -0.25) is 14.5 Å². The highest BCUT2D eigenvalue weighted by Gasteiger charge is 2.34. The second-order valence-corrected chi connectivity index (χ2v) is 6.03. The van der Waals surface area contributed by atoms with Gasteiger partial charge in [-0.15, -0.1) is 0 Å². The maximum absolute atomic E-state index is 12.2. The zero-order chi connectivity index (χ0) is 14.9. The first-order chi connectivity index (χ1) is 9.29. The van der Waals surface area contributed by atoms with Crippen LogP contribution in [-0.4, -0.2) is 53.8 Å². The minimum Gasteiger partial charge on any atom is -0.324 e. The molecule has 1 heterocycles. The molecule has 0 radical (unpaired) electrons. The number of imide groups is 1. The molecule has 108 valence electrons. The predicted molar refractivity (Wildman–Crippen MR) is 77.6 cm³/mol. The summed E-state index contributed by atoms with van der Waals surface area (Å²) in [5.41, 5.74) is 6.66. The Bertz CT molecular complexity index is 499. The summed E-state index contributed by atoms with van der Waals surface area (Å²) in [4.78, 5) is 27.7. The minimum absolute atomic E-state index is 0.203. The smallest absolute Gasteiger partial charge is 0.261 e. The lowest BCUT2D eigenvalue weighted by molar-refractivity contribution is 0.0639. The number of hydrogen-bond acceptors (Lipinski definition) is 4. The number of nitrogens with two attached hydrogens (primary N) is 1. The van der Waals surface area contributed by atoms with Gasteiger partial charge in [0.15, 0.2) is 0 Å². The van der Waals surface area contributed by atoms with Gasteiger partial charge in [-0.2, -0.15) is 0 Å². The van der Waals surface area contributed by atoms with Gasteiger partial charge >= 0.3 is 0 Å². The molecule has 2 rings (SSSR count). The van der Waals surface area contributed by atoms with E-state index in [2.05, 4.69) is 0 Å². The molecule has 20 heavy (non-hydrogen) atoms. The van der Waals surface area contributed by atoms with Gasteiger partial charge in [0, 0.05) is 25.2 Å². The second kappa shape index (κ2) is 5.34. The number of nitrogens with zero attached hydrogens (tertiary/aromatic N) is 2. The number of fused-ring (bicyclic) bond motifs is 1. The van der Waals surface area contributed by atoms with Crippen molar-refractivity contribution < 1.29 is 9.59 Å². The number of benzene rings is 1. The van der Waals surface area contributed by atoms with Gasteiger partial charge in [-0.05, 0) is 33.0 Å². The van der Waals surface area contributed by atoms with Gasteiger partial charge in [0.2, 0.25) is 0 Å². The Hall–Kier alpha value is -1.72. The summed E-state index contributed by atoms with van der Waals surface area (Å²) in [6.07, 6.45) is 0. The van der Waals surface area contributed by atoms with Gasteiger partial charge in [0.05, 0.1) is 11.1 Å². The Morgan fingerprint density at radius 2 is 1.65 bits per heavy atom. The normalized spacial score (nSPS) is 15.2. The average Bonchev–Trinajstić information content (AvgIpc) is 2.59. The van der Waals surface area contributed by atoms with Crippen LogP contribution < -0.4 is 5.73 Å². The van der Waals surface area contributed by atoms with Crippen LogP contribution in [0, 0.1) is 0 Å². The molecule has 2 N–H and O–H groups in total. The summed E-state index contributed by atoms with van der Waals surface area (Å²) in [6, 6.07) is 6.94. The lowest BCUT2D eigenvalue weighted by atomic mass is 10.1. The molecule has 0 saturated heterocycles. The summed E-state index contributed by atoms with van der Waals surface area (Å²) >= 11 is 0. The van der Waals surface area contributed by atoms with Gasteiger partial charge in [0.1, 0.15) is 0 Å². The molecule has 0 aliphatic carbocycles. The predicted octanol–water partition coefficient (Wildman–Crippen LogP) is 0.952. The molecule has 5 nitrogen and oxygen atoms in total. The molecule has 1 aliphatic rings. The van der Waals surface area contributed by atoms with E-state index in [1.165, 1.54) is 4.90 Å². The Morgan fingerprint density at radius 1 is 1.15 bits per heavy atom. The fraction of sp³-hybridized carbons (Fsp3) is 0.467. The lowest BCUT2D eigenvalue weighted by Crippen LogP contribution is -2.46. The van der Waals surface area contributed by atoms with E-state index in [1.807, 2.05) is 25.8 Å². The summed E-state index contributed by atoms with van der Waals surface area (Å²) in [5.74, 6) is -0.406. The van der Waals surface area contributed by atoms with E-state index >= 15 is 0 Å². The van der Waals surface area contributed by atoms with E-state index in [0.717, 1.165) is 0 Å². The number of hydrogen-bond donors (Lipinski definition) is 1. The molecule has 2 amide bonds. The highest BCUT2D eigenvalue weighted by molar-refractivity contribution is 6.21. The molecule has 0 bridgehead atoms. The van der Waals surface area contributed by atoms with Crippen LogP contribution in [0.15, 0.2) is 24.3 Å². The third-order valence-electron chi connectivity index (χ3n) is 3.26. The lowest BCUT2D eigenvalue weighted by Gasteiger charge is -2.27. The van der Waals surface area contributed by atoms with Crippen LogP contribution in [0.5, 0.6) is 0 Å². The van der Waals surface area contributed by atoms with Crippen molar-refractivity contribution in [2.24, 2.45) is 5.73 Å². The van der Waals surface area contributed by atoms with Gasteiger partial charge in [0.25, 0.3) is 11.8 Å². The molecule has 0 unspecified atom stereocenters. The largest absolute Gasteiger partial charge is 0.324 e. The van der Waals surface area contributed by atoms with Crippen LogP contribution in [0.25, 0.3) is 0 Å². The van der Waals surface area contributed by atoms with Crippen molar-refractivity contribution in [3.8, 4) is 0 Å². The molecular formula is C15H21N3O2. The van der Waals surface area contributed by atoms with Crippen molar-refractivity contribution in [2.75, 3.05) is 26.7 Å². The number of carbonyl (C=O) groups excluding carboxylic acids is 2. The first-order valence-corrected chi connectivity index (χ1v) is 6.72. The molecule has 0 saturated carbocycles. The maximum atomic E-state index is 12.2. The van der Waals surface area contributed by atoms with Crippen LogP contribution in [0.4, 0.5) is 0 Å². The Balaban J connectivity index is 1.99. The highest BCUT2D eigenvalue weighted by Crippen LogP contribution is 2.21. The quantitative estimate of drug-likeness (QED) is 0.813. The molecular weight excluding hydrogens is 254 g/mol. The SMILES string of the molecule is CN(CCN1C(=O)c2ccccc2C1=O)CC(C)(C)N. The van der Waals surface area contributed by atoms with Gasteiger partial charge in [-0.1, -0.05) is 12.1 Å². The summed E-state index contributed by atoms with van der Waals surface area (Å²) in [7, 11) is 1.94. The number of carbonyl (C=O) groups is 2. The molecule has 0 spiro atoms. The van der Waals surface area contributed by atoms with Crippen LogP contribution in [0.1, 0.15) is 34.6 Å². The Labute approximate surface area is 119 Å². The van der Waals surface area contributed by atoms with E-state index < -0.39 is 0 Å². The van der Waals surface area contributed by atoms with Crippen LogP contribution in [0.3, 0.4) is 0 Å². The van der Waals surface area contributed by atoms with Crippen molar-refractivity contribution in [1.82, 2.24) is 9.80 Å². The van der Waals surface area contributed by atoms with Crippen LogP contribution in [-0.2, 0) is 0 Å². The minimum atomic E-state index is -0.295. The van der Waals surface area contributed by atoms with E-state index in [-0.39, 0.29) is 17.4 Å². The molecule has 0 aromatic heterocycles. The van der Waals surface area contributed by atoms with E-state index in [9.17, 15) is 9.59 Å². The number of rotatable bonds is 5. The Kier molecular flexibility index (Phi) is 3.92. The van der Waals surface area contributed by atoms with Crippen LogP contribution >= 0.6 is 0 Å². The monoisotopic (exact) mass is 275 g/mol. The second-order valence-electron chi connectivity index (χ2n) is 6.03. The average molecular weight is 275 g/mol. The number of amides is 2. The maximum Gasteiger partial charge on any atom is 0.261 e. The van der Waals surface area contributed by atoms with E-state index in [0.29, 0.717) is 30.8 Å². The molecule has 1 aliphatic heterocycles. The third-order valence-corrected chi connectivity index (χ3v) is 3.26. The van der Waals surface area contributed by atoms with E-state index in [1.54, 1.807) is 24.3 Å². The molecule has 0 atom stereocenters. The van der Waals surface area contributed by atoms with Crippen molar-refractivity contribution >= 4 is 11.8 Å². The highest BCUT2D eigenvalue weighted by atomic mass is 16.2. The summed E-state index contributed by atoms with van der Waals surface area (Å²) in [5, 5.41) is 0. The molecule has 1 aromatic rings. The van der Waals surface area contributed by atoms with Gasteiger partial charge < -0.3 is 10.6 Å². The fourth-order valence-corrected chi connectivity index (χ4v) is 2.49. The summed E-state index contributed by atoms with van der Waals surface area (Å²) < 4.78 is 0. The third kappa shape index (κ3) is 3.05. The van der Waals surface area contributed by atoms with Gasteiger partial charge in [-0.25, -0.2) is 0 Å². The molecule has 5 heteroatoms. The fourth-order valence-electron chi connectivity index (χ4n) is 2.49. The first-order valence-electron chi connectivity index (χ1n) is 6.72. The Morgan fingerprint density at radius 3 is 2.10 bits per heavy atom. The topological polar surface area (TPSA) is 66.6 Å². The first kappa shape index (κ1) is 14.7. The van der Waals surface area contributed by atoms with Crippen LogP contribution in [0.2, 0.25) is 0 Å². The summed E-state index contributed by atoms with van der Waals surface area (Å²) in [6.45, 7) is 5.61.